The summed E-state index contributed by atoms with van der Waals surface area (Å²) in [6.07, 6.45) is 5.51. The van der Waals surface area contributed by atoms with E-state index in [1.54, 1.807) is 6.20 Å². The highest BCUT2D eigenvalue weighted by atomic mass is 14.9. The van der Waals surface area contributed by atoms with E-state index in [1.807, 2.05) is 24.5 Å². The van der Waals surface area contributed by atoms with Crippen LogP contribution < -0.4 is 5.32 Å². The van der Waals surface area contributed by atoms with Gasteiger partial charge in [0, 0.05) is 37.1 Å². The lowest BCUT2D eigenvalue weighted by Crippen LogP contribution is -2.13. The van der Waals surface area contributed by atoms with E-state index in [1.165, 1.54) is 16.5 Å². The van der Waals surface area contributed by atoms with Gasteiger partial charge in [0.2, 0.25) is 0 Å². The van der Waals surface area contributed by atoms with Gasteiger partial charge in [0.25, 0.3) is 0 Å². The Labute approximate surface area is 112 Å². The van der Waals surface area contributed by atoms with Crippen molar-refractivity contribution in [3.8, 4) is 0 Å². The van der Waals surface area contributed by atoms with Gasteiger partial charge in [0.05, 0.1) is 5.52 Å². The molecule has 0 amide bonds. The number of hydrogen-bond donors (Lipinski definition) is 1. The van der Waals surface area contributed by atoms with Crippen molar-refractivity contribution in [2.24, 2.45) is 0 Å². The largest absolute Gasteiger partial charge is 0.308 e. The van der Waals surface area contributed by atoms with Gasteiger partial charge < -0.3 is 5.32 Å². The summed E-state index contributed by atoms with van der Waals surface area (Å²) in [5.41, 5.74) is 3.49. The summed E-state index contributed by atoms with van der Waals surface area (Å²) in [5, 5.41) is 4.61. The lowest BCUT2D eigenvalue weighted by Gasteiger charge is -2.07. The van der Waals surface area contributed by atoms with Gasteiger partial charge in [-0.3, -0.25) is 9.97 Å². The molecule has 3 heteroatoms. The SMILES string of the molecule is c1cncc(CNCc2cccc3cccnc23)c1. The summed E-state index contributed by atoms with van der Waals surface area (Å²) < 4.78 is 0. The van der Waals surface area contributed by atoms with E-state index in [9.17, 15) is 0 Å². The lowest BCUT2D eigenvalue weighted by molar-refractivity contribution is 0.694. The third-order valence-corrected chi connectivity index (χ3v) is 3.08. The van der Waals surface area contributed by atoms with E-state index < -0.39 is 0 Å². The normalized spacial score (nSPS) is 10.7. The first-order valence-electron chi connectivity index (χ1n) is 6.36. The first-order chi connectivity index (χ1) is 9.43. The fraction of sp³-hybridized carbons (Fsp3) is 0.125. The van der Waals surface area contributed by atoms with Gasteiger partial charge in [-0.2, -0.15) is 0 Å². The van der Waals surface area contributed by atoms with Gasteiger partial charge in [0.1, 0.15) is 0 Å². The van der Waals surface area contributed by atoms with Crippen LogP contribution in [0, 0.1) is 0 Å². The molecule has 0 fully saturated rings. The van der Waals surface area contributed by atoms with E-state index in [2.05, 4.69) is 45.6 Å². The highest BCUT2D eigenvalue weighted by Crippen LogP contribution is 2.15. The molecule has 0 aliphatic carbocycles. The van der Waals surface area contributed by atoms with Crippen LogP contribution >= 0.6 is 0 Å². The van der Waals surface area contributed by atoms with Crippen molar-refractivity contribution < 1.29 is 0 Å². The van der Waals surface area contributed by atoms with E-state index in [0.717, 1.165) is 18.6 Å². The number of nitrogens with zero attached hydrogens (tertiary/aromatic N) is 2. The topological polar surface area (TPSA) is 37.8 Å². The molecule has 3 aromatic rings. The Bertz CT molecular complexity index is 660. The van der Waals surface area contributed by atoms with Crippen LogP contribution in [-0.2, 0) is 13.1 Å². The van der Waals surface area contributed by atoms with Crippen LogP contribution in [0.15, 0.2) is 61.1 Å². The monoisotopic (exact) mass is 249 g/mol. The number of para-hydroxylation sites is 1. The molecular formula is C16H15N3. The molecule has 0 radical (unpaired) electrons. The fourth-order valence-electron chi connectivity index (χ4n) is 2.15. The Morgan fingerprint density at radius 3 is 2.68 bits per heavy atom. The molecule has 0 unspecified atom stereocenters. The smallest absolute Gasteiger partial charge is 0.0746 e. The molecule has 3 nitrogen and oxygen atoms in total. The van der Waals surface area contributed by atoms with Crippen molar-refractivity contribution in [2.45, 2.75) is 13.1 Å². The molecule has 0 atom stereocenters. The molecule has 0 saturated carbocycles. The number of aromatic nitrogens is 2. The Balaban J connectivity index is 1.72. The highest BCUT2D eigenvalue weighted by molar-refractivity contribution is 5.81. The molecule has 3 rings (SSSR count). The molecule has 2 aromatic heterocycles. The first kappa shape index (κ1) is 11.8. The van der Waals surface area contributed by atoms with E-state index >= 15 is 0 Å². The van der Waals surface area contributed by atoms with E-state index in [4.69, 9.17) is 0 Å². The molecule has 1 N–H and O–H groups in total. The number of fused-ring (bicyclic) bond motifs is 1. The molecule has 2 heterocycles. The standard InChI is InChI=1S/C16H15N3/c1-5-14-7-3-9-19-16(14)15(6-1)12-18-11-13-4-2-8-17-10-13/h1-10,18H,11-12H2. The molecular weight excluding hydrogens is 234 g/mol. The van der Waals surface area contributed by atoms with Crippen LogP contribution in [-0.4, -0.2) is 9.97 Å². The Kier molecular flexibility index (Phi) is 3.47. The van der Waals surface area contributed by atoms with Gasteiger partial charge in [-0.15, -0.1) is 0 Å². The van der Waals surface area contributed by atoms with Crippen LogP contribution in [0.1, 0.15) is 11.1 Å². The molecule has 0 aliphatic rings. The molecule has 0 bridgehead atoms. The number of pyridine rings is 2. The summed E-state index contributed by atoms with van der Waals surface area (Å²) in [6.45, 7) is 1.63. The van der Waals surface area contributed by atoms with Gasteiger partial charge in [0.15, 0.2) is 0 Å². The van der Waals surface area contributed by atoms with Crippen molar-refractivity contribution in [3.63, 3.8) is 0 Å². The van der Waals surface area contributed by atoms with Gasteiger partial charge in [-0.25, -0.2) is 0 Å². The predicted octanol–water partition coefficient (Wildman–Crippen LogP) is 2.92. The molecule has 0 aliphatic heterocycles. The minimum Gasteiger partial charge on any atom is -0.308 e. The second kappa shape index (κ2) is 5.59. The van der Waals surface area contributed by atoms with Crippen LogP contribution in [0.25, 0.3) is 10.9 Å². The first-order valence-corrected chi connectivity index (χ1v) is 6.36. The zero-order valence-corrected chi connectivity index (χ0v) is 10.6. The van der Waals surface area contributed by atoms with Crippen LogP contribution in [0.3, 0.4) is 0 Å². The maximum absolute atomic E-state index is 4.45. The van der Waals surface area contributed by atoms with Crippen LogP contribution in [0.2, 0.25) is 0 Å². The van der Waals surface area contributed by atoms with Crippen molar-refractivity contribution in [2.75, 3.05) is 0 Å². The van der Waals surface area contributed by atoms with Gasteiger partial charge in [-0.1, -0.05) is 30.3 Å². The average Bonchev–Trinajstić information content (AvgIpc) is 2.49. The molecule has 1 aromatic carbocycles. The number of benzene rings is 1. The Hall–Kier alpha value is -2.26. The lowest BCUT2D eigenvalue weighted by atomic mass is 10.1. The van der Waals surface area contributed by atoms with E-state index in [-0.39, 0.29) is 0 Å². The zero-order chi connectivity index (χ0) is 12.9. The number of hydrogen-bond acceptors (Lipinski definition) is 3. The quantitative estimate of drug-likeness (QED) is 0.772. The Morgan fingerprint density at radius 2 is 1.79 bits per heavy atom. The van der Waals surface area contributed by atoms with E-state index in [0.29, 0.717) is 0 Å². The van der Waals surface area contributed by atoms with Crippen molar-refractivity contribution in [3.05, 3.63) is 72.2 Å². The molecule has 19 heavy (non-hydrogen) atoms. The summed E-state index contributed by atoms with van der Waals surface area (Å²) in [5.74, 6) is 0. The number of nitrogens with one attached hydrogen (secondary N) is 1. The fourth-order valence-corrected chi connectivity index (χ4v) is 2.15. The van der Waals surface area contributed by atoms with Crippen LogP contribution in [0.4, 0.5) is 0 Å². The van der Waals surface area contributed by atoms with Crippen molar-refractivity contribution >= 4 is 10.9 Å². The predicted molar refractivity (Wildman–Crippen MR) is 76.5 cm³/mol. The third-order valence-electron chi connectivity index (χ3n) is 3.08. The second-order valence-electron chi connectivity index (χ2n) is 4.46. The van der Waals surface area contributed by atoms with Gasteiger partial charge in [-0.05, 0) is 23.3 Å². The summed E-state index contributed by atoms with van der Waals surface area (Å²) >= 11 is 0. The highest BCUT2D eigenvalue weighted by Gasteiger charge is 2.01. The summed E-state index contributed by atoms with van der Waals surface area (Å²) in [7, 11) is 0. The average molecular weight is 249 g/mol. The van der Waals surface area contributed by atoms with Crippen molar-refractivity contribution in [1.29, 1.82) is 0 Å². The number of rotatable bonds is 4. The second-order valence-corrected chi connectivity index (χ2v) is 4.46. The maximum Gasteiger partial charge on any atom is 0.0746 e. The minimum absolute atomic E-state index is 0.809. The maximum atomic E-state index is 4.45. The third kappa shape index (κ3) is 2.77. The van der Waals surface area contributed by atoms with Crippen molar-refractivity contribution in [1.82, 2.24) is 15.3 Å². The molecule has 0 saturated heterocycles. The summed E-state index contributed by atoms with van der Waals surface area (Å²) in [4.78, 5) is 8.56. The molecule has 0 spiro atoms. The summed E-state index contributed by atoms with van der Waals surface area (Å²) in [6, 6.07) is 14.4. The Morgan fingerprint density at radius 1 is 0.895 bits per heavy atom. The molecule has 94 valence electrons. The van der Waals surface area contributed by atoms with Gasteiger partial charge >= 0.3 is 0 Å². The minimum atomic E-state index is 0.809. The van der Waals surface area contributed by atoms with Crippen LogP contribution in [0.5, 0.6) is 0 Å². The zero-order valence-electron chi connectivity index (χ0n) is 10.6.